The number of sulfonamides is 1. The normalized spacial score (nSPS) is 26.5. The molecule has 5 atom stereocenters. The van der Waals surface area contributed by atoms with Crippen molar-refractivity contribution in [2.24, 2.45) is 28.8 Å². The Balaban J connectivity index is 2.23. The summed E-state index contributed by atoms with van der Waals surface area (Å²) in [4.78, 5) is 41.1. The van der Waals surface area contributed by atoms with Gasteiger partial charge in [-0.3, -0.25) is 19.8 Å². The molecule has 0 aromatic carbocycles. The molecule has 0 heterocycles. The third-order valence-electron chi connectivity index (χ3n) is 8.63. The van der Waals surface area contributed by atoms with Crippen LogP contribution in [0.2, 0.25) is 0 Å². The fourth-order valence-corrected chi connectivity index (χ4v) is 7.21. The Bertz CT molecular complexity index is 981. The van der Waals surface area contributed by atoms with Gasteiger partial charge in [-0.1, -0.05) is 27.7 Å². The van der Waals surface area contributed by atoms with Crippen molar-refractivity contribution in [3.63, 3.8) is 0 Å². The number of primary sulfonamides is 1. The summed E-state index contributed by atoms with van der Waals surface area (Å²) in [7, 11) is -2.34. The van der Waals surface area contributed by atoms with Crippen molar-refractivity contribution in [2.75, 3.05) is 26.7 Å². The van der Waals surface area contributed by atoms with Gasteiger partial charge in [-0.25, -0.2) is 18.6 Å². The maximum absolute atomic E-state index is 13.7. The molecule has 244 valence electrons. The number of hydrogen-bond acceptors (Lipinski definition) is 8. The summed E-state index contributed by atoms with van der Waals surface area (Å²) in [6.45, 7) is 8.67. The Kier molecular flexibility index (Phi) is 14.6. The minimum absolute atomic E-state index is 0.0127. The van der Waals surface area contributed by atoms with E-state index in [9.17, 15) is 33.0 Å². The number of rotatable bonds is 15. The Labute approximate surface area is 252 Å². The zero-order valence-electron chi connectivity index (χ0n) is 26.1. The Morgan fingerprint density at radius 1 is 0.976 bits per heavy atom. The molecule has 2 fully saturated rings. The average Bonchev–Trinajstić information content (AvgIpc) is 2.92. The van der Waals surface area contributed by atoms with Gasteiger partial charge in [0.2, 0.25) is 27.7 Å². The highest BCUT2D eigenvalue weighted by Gasteiger charge is 2.42. The SMILES string of the molecule is CCCN(CCC)C(=O)C1CC(C(=O)NC(CC2CCC(O)CC2)C(O)CN(C)NC(=O)C(C)C)CC(S(N)(=O)=O)C1. The third kappa shape index (κ3) is 11.4. The minimum atomic E-state index is -3.99. The number of nitrogens with one attached hydrogen (secondary N) is 2. The van der Waals surface area contributed by atoms with Gasteiger partial charge in [0.05, 0.1) is 23.5 Å². The highest BCUT2D eigenvalue weighted by molar-refractivity contribution is 7.89. The largest absolute Gasteiger partial charge is 0.393 e. The van der Waals surface area contributed by atoms with E-state index in [2.05, 4.69) is 10.7 Å². The third-order valence-corrected chi connectivity index (χ3v) is 9.94. The summed E-state index contributed by atoms with van der Waals surface area (Å²) in [6, 6.07) is -0.670. The average molecular weight is 618 g/mol. The van der Waals surface area contributed by atoms with Crippen molar-refractivity contribution >= 4 is 27.7 Å². The Morgan fingerprint density at radius 2 is 1.55 bits per heavy atom. The Morgan fingerprint density at radius 3 is 2.07 bits per heavy atom. The number of hydrogen-bond donors (Lipinski definition) is 5. The predicted molar refractivity (Wildman–Crippen MR) is 161 cm³/mol. The van der Waals surface area contributed by atoms with Crippen LogP contribution in [0.3, 0.4) is 0 Å². The topological polar surface area (TPSA) is 182 Å². The molecule has 0 bridgehead atoms. The van der Waals surface area contributed by atoms with Gasteiger partial charge in [-0.2, -0.15) is 0 Å². The lowest BCUT2D eigenvalue weighted by Gasteiger charge is -2.37. The molecule has 0 aromatic rings. The first-order valence-electron chi connectivity index (χ1n) is 15.6. The van der Waals surface area contributed by atoms with E-state index >= 15 is 0 Å². The summed E-state index contributed by atoms with van der Waals surface area (Å²) in [5.74, 6) is -2.22. The smallest absolute Gasteiger partial charge is 0.236 e. The van der Waals surface area contributed by atoms with Crippen molar-refractivity contribution in [1.82, 2.24) is 20.7 Å². The maximum atomic E-state index is 13.7. The van der Waals surface area contributed by atoms with Gasteiger partial charge < -0.3 is 20.4 Å². The molecule has 3 amide bonds. The van der Waals surface area contributed by atoms with Crippen LogP contribution >= 0.6 is 0 Å². The van der Waals surface area contributed by atoms with Crippen molar-refractivity contribution in [2.45, 2.75) is 115 Å². The van der Waals surface area contributed by atoms with Crippen LogP contribution in [0.1, 0.15) is 91.9 Å². The van der Waals surface area contributed by atoms with Gasteiger partial charge in [0.15, 0.2) is 0 Å². The van der Waals surface area contributed by atoms with E-state index in [-0.39, 0.29) is 55.6 Å². The van der Waals surface area contributed by atoms with E-state index in [4.69, 9.17) is 5.14 Å². The summed E-state index contributed by atoms with van der Waals surface area (Å²) < 4.78 is 24.9. The van der Waals surface area contributed by atoms with Crippen molar-refractivity contribution in [3.05, 3.63) is 0 Å². The lowest BCUT2D eigenvalue weighted by atomic mass is 9.79. The number of carbonyl (C=O) groups excluding carboxylic acids is 3. The second kappa shape index (κ2) is 16.9. The number of amides is 3. The molecule has 2 rings (SSSR count). The van der Waals surface area contributed by atoms with E-state index in [1.807, 2.05) is 13.8 Å². The zero-order chi connectivity index (χ0) is 31.6. The van der Waals surface area contributed by atoms with E-state index < -0.39 is 45.2 Å². The summed E-state index contributed by atoms with van der Waals surface area (Å²) >= 11 is 0. The zero-order valence-corrected chi connectivity index (χ0v) is 26.9. The van der Waals surface area contributed by atoms with Gasteiger partial charge in [0.1, 0.15) is 0 Å². The van der Waals surface area contributed by atoms with Crippen LogP contribution < -0.4 is 15.9 Å². The lowest BCUT2D eigenvalue weighted by Crippen LogP contribution is -2.54. The number of hydrazine groups is 1. The van der Waals surface area contributed by atoms with Crippen LogP contribution in [-0.4, -0.2) is 96.4 Å². The molecule has 6 N–H and O–H groups in total. The highest BCUT2D eigenvalue weighted by Crippen LogP contribution is 2.35. The number of nitrogens with two attached hydrogens (primary N) is 1. The van der Waals surface area contributed by atoms with Crippen LogP contribution in [-0.2, 0) is 24.4 Å². The molecule has 42 heavy (non-hydrogen) atoms. The molecule has 0 saturated heterocycles. The number of nitrogens with zero attached hydrogens (tertiary/aromatic N) is 2. The predicted octanol–water partition coefficient (Wildman–Crippen LogP) is 1.11. The molecule has 2 aliphatic carbocycles. The van der Waals surface area contributed by atoms with Crippen molar-refractivity contribution in [3.8, 4) is 0 Å². The number of likely N-dealkylation sites (N-methyl/N-ethyl adjacent to an activating group) is 1. The fourth-order valence-electron chi connectivity index (χ4n) is 6.20. The lowest BCUT2D eigenvalue weighted by molar-refractivity contribution is -0.138. The van der Waals surface area contributed by atoms with E-state index in [1.54, 1.807) is 25.8 Å². The number of carbonyl (C=O) groups is 3. The summed E-state index contributed by atoms with van der Waals surface area (Å²) in [5.41, 5.74) is 2.73. The van der Waals surface area contributed by atoms with E-state index in [1.165, 1.54) is 5.01 Å². The minimum Gasteiger partial charge on any atom is -0.393 e. The van der Waals surface area contributed by atoms with Gasteiger partial charge >= 0.3 is 0 Å². The summed E-state index contributed by atoms with van der Waals surface area (Å²) in [5, 5.41) is 30.2. The first-order valence-corrected chi connectivity index (χ1v) is 17.3. The van der Waals surface area contributed by atoms with Crippen LogP contribution in [0, 0.1) is 23.7 Å². The van der Waals surface area contributed by atoms with Gasteiger partial charge in [0.25, 0.3) is 0 Å². The van der Waals surface area contributed by atoms with Gasteiger partial charge in [0, 0.05) is 44.4 Å². The maximum Gasteiger partial charge on any atom is 0.236 e. The van der Waals surface area contributed by atoms with Crippen LogP contribution in [0.4, 0.5) is 0 Å². The van der Waals surface area contributed by atoms with Crippen molar-refractivity contribution < 1.29 is 33.0 Å². The molecular weight excluding hydrogens is 562 g/mol. The van der Waals surface area contributed by atoms with Gasteiger partial charge in [-0.05, 0) is 70.1 Å². The molecule has 0 spiro atoms. The Hall–Kier alpha value is -1.80. The molecule has 0 aromatic heterocycles. The van der Waals surface area contributed by atoms with Crippen LogP contribution in [0.5, 0.6) is 0 Å². The monoisotopic (exact) mass is 617 g/mol. The quantitative estimate of drug-likeness (QED) is 0.169. The molecular formula is C29H55N5O7S. The number of aliphatic hydroxyl groups excluding tert-OH is 2. The van der Waals surface area contributed by atoms with Gasteiger partial charge in [-0.15, -0.1) is 0 Å². The second-order valence-corrected chi connectivity index (χ2v) is 14.6. The first-order chi connectivity index (χ1) is 19.7. The van der Waals surface area contributed by atoms with Crippen molar-refractivity contribution in [1.29, 1.82) is 0 Å². The first kappa shape index (κ1) is 36.4. The number of aliphatic hydroxyl groups is 2. The molecule has 0 aliphatic heterocycles. The molecule has 13 heteroatoms. The highest BCUT2D eigenvalue weighted by atomic mass is 32.2. The molecule has 12 nitrogen and oxygen atoms in total. The van der Waals surface area contributed by atoms with E-state index in [0.29, 0.717) is 32.4 Å². The standard InChI is InChI=1S/C29H55N5O7S/c1-6-12-34(13-7-2)29(39)22-15-21(16-24(17-22)42(30,40)41)28(38)31-25(14-20-8-10-23(35)11-9-20)26(36)18-33(5)32-27(37)19(3)4/h19-26,35-36H,6-18H2,1-5H3,(H,31,38)(H,32,37)(H2,30,40,41). The van der Waals surface area contributed by atoms with E-state index in [0.717, 1.165) is 25.7 Å². The molecule has 5 unspecified atom stereocenters. The van der Waals surface area contributed by atoms with Crippen LogP contribution in [0.25, 0.3) is 0 Å². The van der Waals surface area contributed by atoms with Crippen LogP contribution in [0.15, 0.2) is 0 Å². The molecule has 2 saturated carbocycles. The summed E-state index contributed by atoms with van der Waals surface area (Å²) in [6.07, 6.45) is 3.78. The molecule has 0 radical (unpaired) electrons. The second-order valence-electron chi connectivity index (χ2n) is 12.7. The fraction of sp³-hybridized carbons (Fsp3) is 0.897. The molecule has 2 aliphatic rings.